The fraction of sp³-hybridized carbons (Fsp3) is 0.500. The normalized spacial score (nSPS) is 6.50. The van der Waals surface area contributed by atoms with Crippen LogP contribution in [0, 0.1) is 0 Å². The van der Waals surface area contributed by atoms with Crippen molar-refractivity contribution in [2.24, 2.45) is 0 Å². The van der Waals surface area contributed by atoms with Gasteiger partial charge in [-0.3, -0.25) is 0 Å². The Morgan fingerprint density at radius 3 is 1.62 bits per heavy atom. The second-order valence-corrected chi connectivity index (χ2v) is 1.06. The van der Waals surface area contributed by atoms with Gasteiger partial charge in [-0.05, 0) is 0 Å². The summed E-state index contributed by atoms with van der Waals surface area (Å²) in [5, 5.41) is 0. The molecule has 0 bridgehead atoms. The SMILES string of the molecule is O=C=[NH+]CC[NH+]=C=O. The maximum absolute atomic E-state index is 9.41. The van der Waals surface area contributed by atoms with Crippen LogP contribution in [0.15, 0.2) is 0 Å². The van der Waals surface area contributed by atoms with Gasteiger partial charge in [-0.25, -0.2) is 0 Å². The summed E-state index contributed by atoms with van der Waals surface area (Å²) in [6.45, 7) is 0.803. The van der Waals surface area contributed by atoms with Gasteiger partial charge < -0.3 is 0 Å². The molecule has 2 N–H and O–H groups in total. The predicted octanol–water partition coefficient (Wildman–Crippen LogP) is -4.18. The first-order valence-corrected chi connectivity index (χ1v) is 2.12. The van der Waals surface area contributed by atoms with E-state index < -0.39 is 0 Å². The summed E-state index contributed by atoms with van der Waals surface area (Å²) >= 11 is 0. The molecule has 0 spiro atoms. The lowest BCUT2D eigenvalue weighted by Crippen LogP contribution is -2.79. The fourth-order valence-electron chi connectivity index (χ4n) is 0.227. The molecule has 0 amide bonds. The molecular weight excluding hydrogens is 108 g/mol. The maximum Gasteiger partial charge on any atom is 0.422 e. The number of rotatable bonds is 3. The molecule has 0 unspecified atom stereocenters. The summed E-state index contributed by atoms with van der Waals surface area (Å²) in [6.07, 6.45) is 2.91. The van der Waals surface area contributed by atoms with Crippen molar-refractivity contribution >= 4 is 12.2 Å². The lowest BCUT2D eigenvalue weighted by molar-refractivity contribution is -0.534. The highest BCUT2D eigenvalue weighted by Crippen LogP contribution is 1.18. The van der Waals surface area contributed by atoms with Crippen molar-refractivity contribution in [3.8, 4) is 0 Å². The first-order valence-electron chi connectivity index (χ1n) is 2.12. The number of carbonyl (C=O) groups excluding carboxylic acids is 2. The Kier molecular flexibility index (Phi) is 4.87. The highest BCUT2D eigenvalue weighted by atomic mass is 16.1. The Morgan fingerprint density at radius 2 is 1.38 bits per heavy atom. The van der Waals surface area contributed by atoms with Gasteiger partial charge in [-0.15, -0.1) is 0 Å². The molecule has 0 aromatic heterocycles. The standard InChI is InChI=1S/C4H4N2O2/c7-3-5-1-2-6-4-8/h1-2H2/p+2. The number of hydrogen-bond acceptors (Lipinski definition) is 2. The van der Waals surface area contributed by atoms with Crippen molar-refractivity contribution in [1.29, 1.82) is 0 Å². The van der Waals surface area contributed by atoms with E-state index in [1.165, 1.54) is 12.2 Å². The number of nitrogens with one attached hydrogen (secondary N) is 2. The third kappa shape index (κ3) is 4.76. The minimum absolute atomic E-state index is 0.402. The third-order valence-electron chi connectivity index (χ3n) is 0.519. The highest BCUT2D eigenvalue weighted by molar-refractivity contribution is 5.23. The van der Waals surface area contributed by atoms with Crippen molar-refractivity contribution in [3.63, 3.8) is 0 Å². The van der Waals surface area contributed by atoms with Gasteiger partial charge in [-0.1, -0.05) is 0 Å². The zero-order valence-corrected chi connectivity index (χ0v) is 4.23. The summed E-state index contributed by atoms with van der Waals surface area (Å²) in [5.74, 6) is 0. The van der Waals surface area contributed by atoms with E-state index in [0.717, 1.165) is 0 Å². The molecule has 0 saturated carbocycles. The summed E-state index contributed by atoms with van der Waals surface area (Å²) in [5.41, 5.74) is 0. The molecule has 0 aliphatic rings. The molecule has 0 aliphatic carbocycles. The van der Waals surface area contributed by atoms with Crippen LogP contribution in [0.1, 0.15) is 0 Å². The number of hydrogen-bond donors (Lipinski definition) is 2. The minimum atomic E-state index is 0.402. The average molecular weight is 114 g/mol. The third-order valence-corrected chi connectivity index (χ3v) is 0.519. The van der Waals surface area contributed by atoms with E-state index in [-0.39, 0.29) is 0 Å². The van der Waals surface area contributed by atoms with Crippen LogP contribution in [-0.2, 0) is 9.59 Å². The van der Waals surface area contributed by atoms with Crippen LogP contribution < -0.4 is 9.98 Å². The van der Waals surface area contributed by atoms with Crippen molar-refractivity contribution in [2.45, 2.75) is 0 Å². The van der Waals surface area contributed by atoms with Gasteiger partial charge in [0.1, 0.15) is 0 Å². The quantitative estimate of drug-likeness (QED) is 0.222. The van der Waals surface area contributed by atoms with Gasteiger partial charge in [0.05, 0.1) is 0 Å². The van der Waals surface area contributed by atoms with Gasteiger partial charge in [0.25, 0.3) is 0 Å². The molecule has 0 aromatic rings. The van der Waals surface area contributed by atoms with Gasteiger partial charge >= 0.3 is 12.2 Å². The monoisotopic (exact) mass is 114 g/mol. The van der Waals surface area contributed by atoms with Crippen LogP contribution in [0.2, 0.25) is 0 Å². The van der Waals surface area contributed by atoms with Crippen LogP contribution >= 0.6 is 0 Å². The Balaban J connectivity index is 3.18. The molecule has 0 aliphatic heterocycles. The lowest BCUT2D eigenvalue weighted by atomic mass is 10.7. The summed E-state index contributed by atoms with van der Waals surface area (Å²) in [7, 11) is 0. The Bertz CT molecular complexity index is 124. The summed E-state index contributed by atoms with van der Waals surface area (Å²) < 4.78 is 0. The fourth-order valence-corrected chi connectivity index (χ4v) is 0.227. The topological polar surface area (TPSA) is 62.1 Å². The van der Waals surface area contributed by atoms with Crippen LogP contribution in [0.5, 0.6) is 0 Å². The summed E-state index contributed by atoms with van der Waals surface area (Å²) in [4.78, 5) is 23.3. The van der Waals surface area contributed by atoms with Crippen molar-refractivity contribution in [1.82, 2.24) is 0 Å². The molecular formula is C4H6N2O2+2. The van der Waals surface area contributed by atoms with Gasteiger partial charge in [-0.2, -0.15) is 19.6 Å². The van der Waals surface area contributed by atoms with Crippen LogP contribution in [-0.4, -0.2) is 25.2 Å². The highest BCUT2D eigenvalue weighted by Gasteiger charge is 1.85. The first-order chi connectivity index (χ1) is 3.91. The lowest BCUT2D eigenvalue weighted by Gasteiger charge is -1.63. The minimum Gasteiger partial charge on any atom is -0.160 e. The zero-order valence-electron chi connectivity index (χ0n) is 4.23. The van der Waals surface area contributed by atoms with Crippen LogP contribution in [0.3, 0.4) is 0 Å². The van der Waals surface area contributed by atoms with Crippen molar-refractivity contribution in [2.75, 3.05) is 13.1 Å². The second kappa shape index (κ2) is 5.76. The number of isocyanates is 2. The molecule has 42 valence electrons. The van der Waals surface area contributed by atoms with Crippen LogP contribution in [0.4, 0.5) is 0 Å². The predicted molar refractivity (Wildman–Crippen MR) is 23.0 cm³/mol. The first kappa shape index (κ1) is 6.76. The van der Waals surface area contributed by atoms with Gasteiger partial charge in [0.15, 0.2) is 0 Å². The van der Waals surface area contributed by atoms with E-state index in [9.17, 15) is 9.59 Å². The molecule has 8 heavy (non-hydrogen) atoms. The molecule has 4 heteroatoms. The Labute approximate surface area is 45.9 Å². The smallest absolute Gasteiger partial charge is 0.160 e. The molecule has 0 fully saturated rings. The molecule has 0 atom stereocenters. The molecule has 4 nitrogen and oxygen atoms in total. The molecule has 0 heterocycles. The van der Waals surface area contributed by atoms with Crippen molar-refractivity contribution < 1.29 is 19.6 Å². The van der Waals surface area contributed by atoms with E-state index in [2.05, 4.69) is 9.98 Å². The van der Waals surface area contributed by atoms with E-state index in [0.29, 0.717) is 13.1 Å². The zero-order chi connectivity index (χ0) is 6.24. The average Bonchev–Trinajstić information content (AvgIpc) is 1.81. The molecule has 0 radical (unpaired) electrons. The summed E-state index contributed by atoms with van der Waals surface area (Å²) in [6, 6.07) is 0. The van der Waals surface area contributed by atoms with Crippen molar-refractivity contribution in [3.05, 3.63) is 0 Å². The van der Waals surface area contributed by atoms with E-state index in [4.69, 9.17) is 0 Å². The second-order valence-electron chi connectivity index (χ2n) is 1.06. The molecule has 0 aromatic carbocycles. The molecule has 0 saturated heterocycles. The van der Waals surface area contributed by atoms with E-state index >= 15 is 0 Å². The largest absolute Gasteiger partial charge is 0.422 e. The van der Waals surface area contributed by atoms with E-state index in [1.54, 1.807) is 0 Å². The maximum atomic E-state index is 9.41. The Morgan fingerprint density at radius 1 is 1.00 bits per heavy atom. The van der Waals surface area contributed by atoms with E-state index in [1.807, 2.05) is 0 Å². The van der Waals surface area contributed by atoms with Gasteiger partial charge in [0, 0.05) is 0 Å². The Hall–Kier alpha value is -1.24. The van der Waals surface area contributed by atoms with Gasteiger partial charge in [0.2, 0.25) is 13.1 Å². The van der Waals surface area contributed by atoms with Crippen LogP contribution in [0.25, 0.3) is 0 Å². The molecule has 0 rings (SSSR count).